The van der Waals surface area contributed by atoms with E-state index in [1.807, 2.05) is 0 Å². The van der Waals surface area contributed by atoms with Gasteiger partial charge in [-0.3, -0.25) is 4.79 Å². The summed E-state index contributed by atoms with van der Waals surface area (Å²) in [6.07, 6.45) is 3.43. The number of nitrogens with two attached hydrogens (primary N) is 2. The zero-order valence-electron chi connectivity index (χ0n) is 13.8. The number of pyridine rings is 1. The number of rotatable bonds is 5. The van der Waals surface area contributed by atoms with Crippen molar-refractivity contribution in [3.63, 3.8) is 0 Å². The first-order valence-corrected chi connectivity index (χ1v) is 8.11. The van der Waals surface area contributed by atoms with Crippen LogP contribution in [-0.2, 0) is 0 Å². The Balaban J connectivity index is 1.84. The van der Waals surface area contributed by atoms with E-state index in [-0.39, 0.29) is 23.8 Å². The molecule has 0 aliphatic heterocycles. The second kappa shape index (κ2) is 7.16. The molecule has 138 valence electrons. The minimum Gasteiger partial charge on any atom is -0.364 e. The number of amides is 1. The molecular formula is C16H19F2N7O. The maximum absolute atomic E-state index is 13.8. The number of hydrogen-bond donors (Lipinski definition) is 4. The van der Waals surface area contributed by atoms with Gasteiger partial charge in [0.2, 0.25) is 0 Å². The summed E-state index contributed by atoms with van der Waals surface area (Å²) in [6, 6.07) is 3.16. The molecule has 0 bridgehead atoms. The number of primary amides is 1. The van der Waals surface area contributed by atoms with Gasteiger partial charge in [-0.1, -0.05) is 6.07 Å². The predicted molar refractivity (Wildman–Crippen MR) is 92.3 cm³/mol. The highest BCUT2D eigenvalue weighted by Crippen LogP contribution is 2.33. The number of nitrogens with zero attached hydrogens (tertiary/aromatic N) is 3. The molecule has 8 nitrogen and oxygen atoms in total. The molecule has 10 heteroatoms. The Labute approximate surface area is 148 Å². The van der Waals surface area contributed by atoms with Crippen LogP contribution >= 0.6 is 0 Å². The van der Waals surface area contributed by atoms with Crippen molar-refractivity contribution in [2.45, 2.75) is 37.3 Å². The molecule has 1 saturated carbocycles. The SMILES string of the molecule is NC(=O)c1ncc(N[C@@H]2CCCC(F)(F)[C@@H]2N)nc1Nc1ccccn1. The Hall–Kier alpha value is -2.88. The highest BCUT2D eigenvalue weighted by molar-refractivity contribution is 5.96. The van der Waals surface area contributed by atoms with Gasteiger partial charge in [-0.05, 0) is 25.0 Å². The van der Waals surface area contributed by atoms with E-state index in [0.717, 1.165) is 0 Å². The standard InChI is InChI=1S/C16H19F2N7O/c17-16(18)6-3-4-9(13(16)19)23-11-8-22-12(14(20)26)15(25-11)24-10-5-1-2-7-21-10/h1-2,5,7-9,13H,3-4,6,19H2,(H2,20,26)(H2,21,23,24,25)/t9-,13-/m1/s1. The van der Waals surface area contributed by atoms with E-state index < -0.39 is 23.9 Å². The molecule has 1 aliphatic carbocycles. The molecule has 2 aromatic rings. The van der Waals surface area contributed by atoms with Gasteiger partial charge in [-0.25, -0.2) is 23.7 Å². The van der Waals surface area contributed by atoms with Crippen LogP contribution in [0.25, 0.3) is 0 Å². The first-order chi connectivity index (χ1) is 12.4. The fourth-order valence-electron chi connectivity index (χ4n) is 2.83. The molecule has 0 saturated heterocycles. The monoisotopic (exact) mass is 363 g/mol. The van der Waals surface area contributed by atoms with Crippen molar-refractivity contribution in [1.82, 2.24) is 15.0 Å². The number of carbonyl (C=O) groups excluding carboxylic acids is 1. The van der Waals surface area contributed by atoms with E-state index >= 15 is 0 Å². The molecule has 26 heavy (non-hydrogen) atoms. The van der Waals surface area contributed by atoms with Crippen molar-refractivity contribution < 1.29 is 13.6 Å². The van der Waals surface area contributed by atoms with E-state index in [1.165, 1.54) is 6.20 Å². The third kappa shape index (κ3) is 3.85. The number of carbonyl (C=O) groups is 1. The zero-order chi connectivity index (χ0) is 18.7. The second-order valence-electron chi connectivity index (χ2n) is 6.09. The van der Waals surface area contributed by atoms with Crippen molar-refractivity contribution in [3.05, 3.63) is 36.3 Å². The van der Waals surface area contributed by atoms with Crippen LogP contribution in [0.1, 0.15) is 29.8 Å². The molecule has 0 unspecified atom stereocenters. The average Bonchev–Trinajstić information content (AvgIpc) is 2.60. The summed E-state index contributed by atoms with van der Waals surface area (Å²) in [6.45, 7) is 0. The van der Waals surface area contributed by atoms with Crippen molar-refractivity contribution in [3.8, 4) is 0 Å². The van der Waals surface area contributed by atoms with Gasteiger partial charge in [0.05, 0.1) is 12.2 Å². The lowest BCUT2D eigenvalue weighted by Crippen LogP contribution is -2.55. The van der Waals surface area contributed by atoms with Gasteiger partial charge in [0, 0.05) is 18.7 Å². The van der Waals surface area contributed by atoms with Gasteiger partial charge < -0.3 is 22.1 Å². The molecule has 3 rings (SSSR count). The topological polar surface area (TPSA) is 132 Å². The number of aromatic nitrogens is 3. The molecule has 2 atom stereocenters. The summed E-state index contributed by atoms with van der Waals surface area (Å²) in [7, 11) is 0. The van der Waals surface area contributed by atoms with Crippen molar-refractivity contribution >= 4 is 23.4 Å². The van der Waals surface area contributed by atoms with Gasteiger partial charge in [-0.2, -0.15) is 0 Å². The van der Waals surface area contributed by atoms with Crippen LogP contribution in [0, 0.1) is 0 Å². The lowest BCUT2D eigenvalue weighted by Gasteiger charge is -2.36. The van der Waals surface area contributed by atoms with Crippen LogP contribution in [-0.4, -0.2) is 38.9 Å². The number of anilines is 3. The van der Waals surface area contributed by atoms with Gasteiger partial charge in [0.25, 0.3) is 11.8 Å². The molecule has 0 aromatic carbocycles. The summed E-state index contributed by atoms with van der Waals surface area (Å²) in [5.74, 6) is -2.99. The lowest BCUT2D eigenvalue weighted by molar-refractivity contribution is -0.0554. The Morgan fingerprint density at radius 2 is 2.08 bits per heavy atom. The van der Waals surface area contributed by atoms with E-state index in [1.54, 1.807) is 24.4 Å². The van der Waals surface area contributed by atoms with Gasteiger partial charge in [0.1, 0.15) is 11.6 Å². The molecule has 1 aliphatic rings. The Morgan fingerprint density at radius 3 is 2.77 bits per heavy atom. The maximum Gasteiger partial charge on any atom is 0.271 e. The molecule has 0 radical (unpaired) electrons. The number of alkyl halides is 2. The number of hydrogen-bond acceptors (Lipinski definition) is 7. The summed E-state index contributed by atoms with van der Waals surface area (Å²) in [5, 5.41) is 5.74. The van der Waals surface area contributed by atoms with E-state index in [4.69, 9.17) is 11.5 Å². The Morgan fingerprint density at radius 1 is 1.27 bits per heavy atom. The summed E-state index contributed by atoms with van der Waals surface area (Å²) >= 11 is 0. The Kier molecular flexibility index (Phi) is 4.94. The third-order valence-corrected chi connectivity index (χ3v) is 4.20. The highest BCUT2D eigenvalue weighted by Gasteiger charge is 2.44. The molecule has 1 amide bonds. The number of halogens is 2. The first-order valence-electron chi connectivity index (χ1n) is 8.11. The third-order valence-electron chi connectivity index (χ3n) is 4.20. The second-order valence-corrected chi connectivity index (χ2v) is 6.09. The smallest absolute Gasteiger partial charge is 0.271 e. The first kappa shape index (κ1) is 17.9. The van der Waals surface area contributed by atoms with Crippen LogP contribution in [0.5, 0.6) is 0 Å². The minimum absolute atomic E-state index is 0.0809. The minimum atomic E-state index is -2.94. The van der Waals surface area contributed by atoms with Crippen LogP contribution in [0.3, 0.4) is 0 Å². The average molecular weight is 363 g/mol. The van der Waals surface area contributed by atoms with Crippen LogP contribution in [0.4, 0.5) is 26.2 Å². The molecule has 2 heterocycles. The highest BCUT2D eigenvalue weighted by atomic mass is 19.3. The fraction of sp³-hybridized carbons (Fsp3) is 0.375. The number of nitrogens with one attached hydrogen (secondary N) is 2. The van der Waals surface area contributed by atoms with Crippen molar-refractivity contribution in [2.24, 2.45) is 11.5 Å². The van der Waals surface area contributed by atoms with Gasteiger partial charge in [0.15, 0.2) is 11.5 Å². The molecule has 6 N–H and O–H groups in total. The molecular weight excluding hydrogens is 344 g/mol. The summed E-state index contributed by atoms with van der Waals surface area (Å²) in [4.78, 5) is 23.9. The van der Waals surface area contributed by atoms with E-state index in [2.05, 4.69) is 25.6 Å². The summed E-state index contributed by atoms with van der Waals surface area (Å²) in [5.41, 5.74) is 10.9. The normalized spacial score (nSPS) is 21.8. The molecule has 1 fully saturated rings. The van der Waals surface area contributed by atoms with Crippen molar-refractivity contribution in [1.29, 1.82) is 0 Å². The van der Waals surface area contributed by atoms with Crippen LogP contribution < -0.4 is 22.1 Å². The van der Waals surface area contributed by atoms with Gasteiger partial charge in [-0.15, -0.1) is 0 Å². The lowest BCUT2D eigenvalue weighted by atomic mass is 9.87. The van der Waals surface area contributed by atoms with E-state index in [9.17, 15) is 13.6 Å². The van der Waals surface area contributed by atoms with Crippen LogP contribution in [0.15, 0.2) is 30.6 Å². The fourth-order valence-corrected chi connectivity index (χ4v) is 2.83. The Bertz CT molecular complexity index is 787. The van der Waals surface area contributed by atoms with Crippen LogP contribution in [0.2, 0.25) is 0 Å². The quantitative estimate of drug-likeness (QED) is 0.635. The summed E-state index contributed by atoms with van der Waals surface area (Å²) < 4.78 is 27.6. The molecule has 0 spiro atoms. The predicted octanol–water partition coefficient (Wildman–Crippen LogP) is 1.64. The van der Waals surface area contributed by atoms with Gasteiger partial charge >= 0.3 is 0 Å². The molecule has 2 aromatic heterocycles. The largest absolute Gasteiger partial charge is 0.364 e. The zero-order valence-corrected chi connectivity index (χ0v) is 13.8. The van der Waals surface area contributed by atoms with Crippen molar-refractivity contribution in [2.75, 3.05) is 10.6 Å². The maximum atomic E-state index is 13.8. The van der Waals surface area contributed by atoms with E-state index in [0.29, 0.717) is 18.7 Å².